The van der Waals surface area contributed by atoms with Gasteiger partial charge in [0.25, 0.3) is 5.91 Å². The number of carbonyl (C=O) groups is 3. The molecule has 2 aromatic carbocycles. The van der Waals surface area contributed by atoms with Crippen molar-refractivity contribution < 1.29 is 33.3 Å². The number of ether oxygens (including phenoxy) is 4. The minimum Gasteiger partial charge on any atom is -0.493 e. The second kappa shape index (κ2) is 9.10. The Labute approximate surface area is 197 Å². The van der Waals surface area contributed by atoms with Gasteiger partial charge in [0.1, 0.15) is 0 Å². The zero-order valence-corrected chi connectivity index (χ0v) is 19.4. The van der Waals surface area contributed by atoms with Crippen LogP contribution in [0.1, 0.15) is 30.5 Å². The molecule has 1 fully saturated rings. The van der Waals surface area contributed by atoms with Gasteiger partial charge < -0.3 is 23.8 Å². The number of fused-ring (bicyclic) bond motifs is 3. The van der Waals surface area contributed by atoms with Gasteiger partial charge in [-0.1, -0.05) is 30.0 Å². The molecule has 0 saturated carbocycles. The number of nitrogens with zero attached hydrogens (tertiary/aromatic N) is 1. The Morgan fingerprint density at radius 1 is 1.00 bits per heavy atom. The minimum atomic E-state index is -1.40. The van der Waals surface area contributed by atoms with E-state index in [2.05, 4.69) is 11.8 Å². The lowest BCUT2D eigenvalue weighted by molar-refractivity contribution is -0.167. The second-order valence-electron chi connectivity index (χ2n) is 8.05. The van der Waals surface area contributed by atoms with Crippen molar-refractivity contribution in [3.8, 4) is 23.3 Å². The molecule has 8 heteroatoms. The molecule has 1 saturated heterocycles. The highest BCUT2D eigenvalue weighted by Gasteiger charge is 2.64. The lowest BCUT2D eigenvalue weighted by atomic mass is 9.78. The third kappa shape index (κ3) is 3.83. The van der Waals surface area contributed by atoms with Crippen molar-refractivity contribution in [3.63, 3.8) is 0 Å². The van der Waals surface area contributed by atoms with Gasteiger partial charge in [-0.2, -0.15) is 0 Å². The van der Waals surface area contributed by atoms with Crippen LogP contribution < -0.4 is 9.47 Å². The number of esters is 2. The lowest BCUT2D eigenvalue weighted by Crippen LogP contribution is -2.53. The molecule has 0 aliphatic carbocycles. The topological polar surface area (TPSA) is 91.4 Å². The SMILES string of the molecule is COc1cc2c(cc1OC)[C@@]1(C#Cc3ccccc3)[C@H](OC(C)=O)[C@@H](OC(C)=O)C(=O)N1CC2. The van der Waals surface area contributed by atoms with Crippen molar-refractivity contribution in [2.75, 3.05) is 20.8 Å². The molecule has 8 nitrogen and oxygen atoms in total. The quantitative estimate of drug-likeness (QED) is 0.507. The van der Waals surface area contributed by atoms with Crippen LogP contribution in [0.25, 0.3) is 0 Å². The fraction of sp³-hybridized carbons (Fsp3) is 0.346. The van der Waals surface area contributed by atoms with Crippen molar-refractivity contribution in [3.05, 3.63) is 59.2 Å². The lowest BCUT2D eigenvalue weighted by Gasteiger charge is -2.42. The number of carbonyl (C=O) groups excluding carboxylic acids is 3. The fourth-order valence-electron chi connectivity index (χ4n) is 4.64. The highest BCUT2D eigenvalue weighted by molar-refractivity contribution is 5.90. The number of amides is 1. The second-order valence-corrected chi connectivity index (χ2v) is 8.05. The molecule has 0 aromatic heterocycles. The summed E-state index contributed by atoms with van der Waals surface area (Å²) in [6.07, 6.45) is -2.00. The maximum atomic E-state index is 13.5. The van der Waals surface area contributed by atoms with Crippen LogP contribution in [0.15, 0.2) is 42.5 Å². The number of hydrogen-bond acceptors (Lipinski definition) is 7. The summed E-state index contributed by atoms with van der Waals surface area (Å²) in [5.74, 6) is 5.60. The highest BCUT2D eigenvalue weighted by atomic mass is 16.6. The largest absolute Gasteiger partial charge is 0.493 e. The van der Waals surface area contributed by atoms with E-state index in [-0.39, 0.29) is 0 Å². The Hall–Kier alpha value is -3.99. The molecular weight excluding hydrogens is 438 g/mol. The smallest absolute Gasteiger partial charge is 0.303 e. The molecule has 2 aliphatic heterocycles. The van der Waals surface area contributed by atoms with Gasteiger partial charge in [0.05, 0.1) is 14.2 Å². The van der Waals surface area contributed by atoms with Gasteiger partial charge in [0.2, 0.25) is 6.10 Å². The summed E-state index contributed by atoms with van der Waals surface area (Å²) in [6, 6.07) is 12.9. The maximum Gasteiger partial charge on any atom is 0.303 e. The van der Waals surface area contributed by atoms with E-state index in [1.807, 2.05) is 36.4 Å². The Balaban J connectivity index is 2.01. The average molecular weight is 463 g/mol. The van der Waals surface area contributed by atoms with Gasteiger partial charge in [-0.05, 0) is 36.2 Å². The Kier molecular flexibility index (Phi) is 6.20. The zero-order valence-electron chi connectivity index (χ0n) is 19.4. The van der Waals surface area contributed by atoms with Gasteiger partial charge in [-0.15, -0.1) is 0 Å². The van der Waals surface area contributed by atoms with Crippen LogP contribution in [-0.4, -0.2) is 55.7 Å². The molecule has 0 unspecified atom stereocenters. The van der Waals surface area contributed by atoms with Crippen molar-refractivity contribution in [2.45, 2.75) is 38.0 Å². The van der Waals surface area contributed by atoms with E-state index in [0.717, 1.165) is 11.1 Å². The van der Waals surface area contributed by atoms with Crippen LogP contribution in [0.5, 0.6) is 11.5 Å². The van der Waals surface area contributed by atoms with Crippen LogP contribution in [0.4, 0.5) is 0 Å². The van der Waals surface area contributed by atoms with E-state index >= 15 is 0 Å². The molecule has 4 rings (SSSR count). The summed E-state index contributed by atoms with van der Waals surface area (Å²) >= 11 is 0. The van der Waals surface area contributed by atoms with Gasteiger partial charge in [0, 0.05) is 31.5 Å². The minimum absolute atomic E-state index is 0.292. The number of rotatable bonds is 4. The molecule has 176 valence electrons. The predicted molar refractivity (Wildman–Crippen MR) is 121 cm³/mol. The van der Waals surface area contributed by atoms with Crippen LogP contribution >= 0.6 is 0 Å². The first-order valence-corrected chi connectivity index (χ1v) is 10.8. The third-order valence-corrected chi connectivity index (χ3v) is 6.00. The fourth-order valence-corrected chi connectivity index (χ4v) is 4.64. The molecule has 0 N–H and O–H groups in total. The molecule has 2 heterocycles. The maximum absolute atomic E-state index is 13.5. The summed E-state index contributed by atoms with van der Waals surface area (Å²) in [4.78, 5) is 39.1. The standard InChI is InChI=1S/C26H25NO7/c1-16(28)33-23-24(34-17(2)29)26(12-10-18-8-6-5-7-9-18)20-15-22(32-4)21(31-3)14-19(20)11-13-27(26)25(23)30/h5-9,14-15,23-24H,11,13H2,1-4H3/t23-,24-,26+/m1/s1. The Morgan fingerprint density at radius 3 is 2.26 bits per heavy atom. The van der Waals surface area contributed by atoms with Gasteiger partial charge in [-0.3, -0.25) is 14.4 Å². The molecule has 34 heavy (non-hydrogen) atoms. The first-order valence-electron chi connectivity index (χ1n) is 10.8. The Bertz CT molecular complexity index is 1200. The molecule has 2 aromatic rings. The van der Waals surface area contributed by atoms with Crippen molar-refractivity contribution >= 4 is 17.8 Å². The van der Waals surface area contributed by atoms with E-state index in [9.17, 15) is 14.4 Å². The van der Waals surface area contributed by atoms with E-state index in [4.69, 9.17) is 18.9 Å². The van der Waals surface area contributed by atoms with Crippen molar-refractivity contribution in [2.24, 2.45) is 0 Å². The van der Waals surface area contributed by atoms with Gasteiger partial charge in [-0.25, -0.2) is 0 Å². The molecule has 0 radical (unpaired) electrons. The first-order chi connectivity index (χ1) is 16.3. The average Bonchev–Trinajstić information content (AvgIpc) is 3.04. The van der Waals surface area contributed by atoms with Crippen LogP contribution in [0.2, 0.25) is 0 Å². The molecule has 3 atom stereocenters. The van der Waals surface area contributed by atoms with Gasteiger partial charge in [0.15, 0.2) is 23.1 Å². The summed E-state index contributed by atoms with van der Waals surface area (Å²) < 4.78 is 22.1. The summed E-state index contributed by atoms with van der Waals surface area (Å²) in [7, 11) is 3.06. The number of benzene rings is 2. The molecule has 1 amide bonds. The zero-order chi connectivity index (χ0) is 24.5. The third-order valence-electron chi connectivity index (χ3n) is 6.00. The van der Waals surface area contributed by atoms with Crippen LogP contribution in [0, 0.1) is 11.8 Å². The van der Waals surface area contributed by atoms with Gasteiger partial charge >= 0.3 is 11.9 Å². The summed E-state index contributed by atoms with van der Waals surface area (Å²) in [5, 5.41) is 0. The number of methoxy groups -OCH3 is 2. The molecule has 0 bridgehead atoms. The predicted octanol–water partition coefficient (Wildman–Crippen LogP) is 2.21. The van der Waals surface area contributed by atoms with Crippen LogP contribution in [0.3, 0.4) is 0 Å². The molecule has 2 aliphatic rings. The van der Waals surface area contributed by atoms with E-state index in [1.165, 1.54) is 21.0 Å². The van der Waals surface area contributed by atoms with E-state index < -0.39 is 35.6 Å². The molecular formula is C26H25NO7. The highest BCUT2D eigenvalue weighted by Crippen LogP contribution is 2.49. The normalized spacial score (nSPS) is 22.6. The van der Waals surface area contributed by atoms with Crippen molar-refractivity contribution in [1.82, 2.24) is 4.90 Å². The van der Waals surface area contributed by atoms with Crippen LogP contribution in [-0.2, 0) is 35.8 Å². The van der Waals surface area contributed by atoms with Crippen molar-refractivity contribution in [1.29, 1.82) is 0 Å². The Morgan fingerprint density at radius 2 is 1.65 bits per heavy atom. The first kappa shape index (κ1) is 23.2. The van der Waals surface area contributed by atoms with E-state index in [0.29, 0.717) is 30.0 Å². The number of hydrogen-bond donors (Lipinski definition) is 0. The summed E-state index contributed by atoms with van der Waals surface area (Å²) in [6.45, 7) is 2.74. The summed E-state index contributed by atoms with van der Waals surface area (Å²) in [5.41, 5.74) is 0.819. The monoisotopic (exact) mass is 463 g/mol. The van der Waals surface area contributed by atoms with E-state index in [1.54, 1.807) is 18.1 Å². The molecule has 0 spiro atoms.